The minimum atomic E-state index is -0.103. The summed E-state index contributed by atoms with van der Waals surface area (Å²) in [6, 6.07) is 7.48. The molecule has 1 heterocycles. The molecular formula is C16H22N4O2. The number of fused-ring (bicyclic) bond motifs is 1. The molecule has 0 aliphatic rings. The second-order valence-corrected chi connectivity index (χ2v) is 5.20. The third-order valence-corrected chi connectivity index (χ3v) is 3.52. The number of oxazole rings is 1. The van der Waals surface area contributed by atoms with E-state index in [1.807, 2.05) is 25.1 Å². The first kappa shape index (κ1) is 16.0. The van der Waals surface area contributed by atoms with E-state index in [1.165, 1.54) is 0 Å². The second kappa shape index (κ2) is 7.59. The van der Waals surface area contributed by atoms with Crippen LogP contribution >= 0.6 is 0 Å². The lowest BCUT2D eigenvalue weighted by Gasteiger charge is -2.13. The summed E-state index contributed by atoms with van der Waals surface area (Å²) >= 11 is 0. The van der Waals surface area contributed by atoms with Gasteiger partial charge in [-0.25, -0.2) is 0 Å². The third-order valence-electron chi connectivity index (χ3n) is 3.52. The van der Waals surface area contributed by atoms with Crippen LogP contribution in [0.15, 0.2) is 33.7 Å². The van der Waals surface area contributed by atoms with Crippen molar-refractivity contribution < 1.29 is 9.21 Å². The van der Waals surface area contributed by atoms with Crippen molar-refractivity contribution in [1.29, 1.82) is 0 Å². The topological polar surface area (TPSA) is 93.5 Å². The van der Waals surface area contributed by atoms with Gasteiger partial charge in [0.25, 0.3) is 0 Å². The van der Waals surface area contributed by atoms with E-state index in [9.17, 15) is 4.79 Å². The Morgan fingerprint density at radius 3 is 2.86 bits per heavy atom. The highest BCUT2D eigenvalue weighted by molar-refractivity contribution is 5.97. The quantitative estimate of drug-likeness (QED) is 0.633. The van der Waals surface area contributed by atoms with Crippen molar-refractivity contribution in [2.45, 2.75) is 39.5 Å². The molecule has 2 aromatic rings. The molecule has 3 N–H and O–H groups in total. The summed E-state index contributed by atoms with van der Waals surface area (Å²) in [6.07, 6.45) is 3.72. The minimum Gasteiger partial charge on any atom is -0.422 e. The molecule has 1 unspecified atom stereocenters. The number of guanidine groups is 1. The number of aromatic nitrogens is 1. The number of rotatable bonds is 6. The molecule has 0 aliphatic carbocycles. The average molecular weight is 302 g/mol. The fraction of sp³-hybridized carbons (Fsp3) is 0.438. The lowest BCUT2D eigenvalue weighted by atomic mass is 9.98. The van der Waals surface area contributed by atoms with Crippen LogP contribution in [0.2, 0.25) is 0 Å². The molecule has 22 heavy (non-hydrogen) atoms. The zero-order valence-corrected chi connectivity index (χ0v) is 13.0. The Morgan fingerprint density at radius 1 is 1.41 bits per heavy atom. The number of carbonyl (C=O) groups is 1. The SMILES string of the molecule is CCCCC(CC)C(=O)NC(N)=Nc1nc2ccccc2o1. The molecule has 6 heteroatoms. The van der Waals surface area contributed by atoms with Crippen LogP contribution in [0.5, 0.6) is 0 Å². The van der Waals surface area contributed by atoms with Gasteiger partial charge < -0.3 is 10.2 Å². The first-order valence-corrected chi connectivity index (χ1v) is 7.64. The smallest absolute Gasteiger partial charge is 0.325 e. The highest BCUT2D eigenvalue weighted by atomic mass is 16.4. The first-order chi connectivity index (χ1) is 10.6. The number of unbranched alkanes of at least 4 members (excludes halogenated alkanes) is 1. The predicted octanol–water partition coefficient (Wildman–Crippen LogP) is 3.11. The Kier molecular flexibility index (Phi) is 5.52. The molecule has 0 saturated carbocycles. The van der Waals surface area contributed by atoms with Crippen LogP contribution < -0.4 is 11.1 Å². The summed E-state index contributed by atoms with van der Waals surface area (Å²) in [5.74, 6) is -0.142. The number of nitrogens with one attached hydrogen (secondary N) is 1. The molecule has 0 fully saturated rings. The first-order valence-electron chi connectivity index (χ1n) is 7.64. The van der Waals surface area contributed by atoms with Crippen LogP contribution in [0, 0.1) is 5.92 Å². The van der Waals surface area contributed by atoms with Gasteiger partial charge in [-0.15, -0.1) is 0 Å². The van der Waals surface area contributed by atoms with Crippen molar-refractivity contribution in [2.75, 3.05) is 0 Å². The van der Waals surface area contributed by atoms with Gasteiger partial charge in [-0.1, -0.05) is 38.8 Å². The van der Waals surface area contributed by atoms with Gasteiger partial charge in [-0.05, 0) is 25.0 Å². The van der Waals surface area contributed by atoms with Gasteiger partial charge in [0.1, 0.15) is 5.52 Å². The van der Waals surface area contributed by atoms with Gasteiger partial charge in [-0.3, -0.25) is 10.1 Å². The molecule has 1 aromatic carbocycles. The predicted molar refractivity (Wildman–Crippen MR) is 86.7 cm³/mol. The Morgan fingerprint density at radius 2 is 2.18 bits per heavy atom. The van der Waals surface area contributed by atoms with Crippen LogP contribution in [0.4, 0.5) is 6.01 Å². The van der Waals surface area contributed by atoms with E-state index in [0.29, 0.717) is 11.1 Å². The van der Waals surface area contributed by atoms with E-state index in [-0.39, 0.29) is 23.8 Å². The highest BCUT2D eigenvalue weighted by Gasteiger charge is 2.16. The fourth-order valence-electron chi connectivity index (χ4n) is 2.24. The maximum atomic E-state index is 12.1. The lowest BCUT2D eigenvalue weighted by Crippen LogP contribution is -2.40. The van der Waals surface area contributed by atoms with Crippen molar-refractivity contribution in [3.63, 3.8) is 0 Å². The Balaban J connectivity index is 2.03. The number of nitrogens with two attached hydrogens (primary N) is 1. The second-order valence-electron chi connectivity index (χ2n) is 5.20. The molecule has 1 amide bonds. The fourth-order valence-corrected chi connectivity index (χ4v) is 2.24. The van der Waals surface area contributed by atoms with Gasteiger partial charge in [0.05, 0.1) is 0 Å². The maximum absolute atomic E-state index is 12.1. The van der Waals surface area contributed by atoms with Crippen molar-refractivity contribution in [2.24, 2.45) is 16.6 Å². The van der Waals surface area contributed by atoms with Crippen molar-refractivity contribution >= 4 is 29.0 Å². The summed E-state index contributed by atoms with van der Waals surface area (Å²) in [7, 11) is 0. The molecule has 118 valence electrons. The van der Waals surface area contributed by atoms with Gasteiger partial charge in [-0.2, -0.15) is 9.98 Å². The van der Waals surface area contributed by atoms with Crippen LogP contribution in [-0.2, 0) is 4.79 Å². The van der Waals surface area contributed by atoms with Crippen LogP contribution in [0.1, 0.15) is 39.5 Å². The summed E-state index contributed by atoms with van der Waals surface area (Å²) in [5.41, 5.74) is 7.11. The Hall–Kier alpha value is -2.37. The van der Waals surface area contributed by atoms with E-state index in [2.05, 4.69) is 22.2 Å². The van der Waals surface area contributed by atoms with Gasteiger partial charge >= 0.3 is 6.01 Å². The van der Waals surface area contributed by atoms with Gasteiger partial charge in [0.15, 0.2) is 5.58 Å². The Bertz CT molecular complexity index is 630. The molecule has 0 saturated heterocycles. The zero-order valence-electron chi connectivity index (χ0n) is 13.0. The molecule has 1 atom stereocenters. The van der Waals surface area contributed by atoms with Gasteiger partial charge in [0.2, 0.25) is 11.9 Å². The van der Waals surface area contributed by atoms with E-state index in [1.54, 1.807) is 6.07 Å². The minimum absolute atomic E-state index is 0.00602. The largest absolute Gasteiger partial charge is 0.422 e. The Labute approximate surface area is 129 Å². The maximum Gasteiger partial charge on any atom is 0.325 e. The van der Waals surface area contributed by atoms with Crippen LogP contribution in [0.25, 0.3) is 11.1 Å². The number of para-hydroxylation sites is 2. The van der Waals surface area contributed by atoms with Crippen molar-refractivity contribution in [3.8, 4) is 0 Å². The monoisotopic (exact) mass is 302 g/mol. The summed E-state index contributed by atoms with van der Waals surface area (Å²) < 4.78 is 5.44. The van der Waals surface area contributed by atoms with E-state index < -0.39 is 0 Å². The standard InChI is InChI=1S/C16H22N4O2/c1-3-5-8-11(4-2)14(21)19-15(17)20-16-18-12-9-6-7-10-13(12)22-16/h6-7,9-11H,3-5,8H2,1-2H3,(H3,17,18,19,20,21). The summed E-state index contributed by atoms with van der Waals surface area (Å²) in [6.45, 7) is 4.10. The molecule has 6 nitrogen and oxygen atoms in total. The summed E-state index contributed by atoms with van der Waals surface area (Å²) in [5, 5.41) is 2.62. The number of nitrogens with zero attached hydrogens (tertiary/aromatic N) is 2. The van der Waals surface area contributed by atoms with E-state index >= 15 is 0 Å². The molecule has 1 aromatic heterocycles. The lowest BCUT2D eigenvalue weighted by molar-refractivity contribution is -0.123. The van der Waals surface area contributed by atoms with E-state index in [0.717, 1.165) is 25.7 Å². The highest BCUT2D eigenvalue weighted by Crippen LogP contribution is 2.20. The van der Waals surface area contributed by atoms with Crippen molar-refractivity contribution in [3.05, 3.63) is 24.3 Å². The molecule has 0 radical (unpaired) electrons. The summed E-state index contributed by atoms with van der Waals surface area (Å²) in [4.78, 5) is 20.3. The van der Waals surface area contributed by atoms with Crippen LogP contribution in [0.3, 0.4) is 0 Å². The molecule has 0 aliphatic heterocycles. The molecular weight excluding hydrogens is 280 g/mol. The van der Waals surface area contributed by atoms with Gasteiger partial charge in [0, 0.05) is 5.92 Å². The number of benzene rings is 1. The molecule has 0 bridgehead atoms. The number of amides is 1. The molecule has 2 rings (SSSR count). The third kappa shape index (κ3) is 4.07. The number of hydrogen-bond donors (Lipinski definition) is 2. The number of hydrogen-bond acceptors (Lipinski definition) is 4. The van der Waals surface area contributed by atoms with Crippen molar-refractivity contribution in [1.82, 2.24) is 10.3 Å². The normalized spacial score (nSPS) is 13.3. The number of carbonyl (C=O) groups excluding carboxylic acids is 1. The molecule has 0 spiro atoms. The number of aliphatic imine (C=N–C) groups is 1. The van der Waals surface area contributed by atoms with E-state index in [4.69, 9.17) is 10.2 Å². The average Bonchev–Trinajstić information content (AvgIpc) is 2.89. The zero-order chi connectivity index (χ0) is 15.9. The van der Waals surface area contributed by atoms with Crippen LogP contribution in [-0.4, -0.2) is 16.9 Å².